The van der Waals surface area contributed by atoms with Crippen LogP contribution in [0.5, 0.6) is 0 Å². The molecule has 28 heavy (non-hydrogen) atoms. The summed E-state index contributed by atoms with van der Waals surface area (Å²) in [6.45, 7) is 1.96. The lowest BCUT2D eigenvalue weighted by Crippen LogP contribution is -2.26. The second kappa shape index (κ2) is 6.06. The molecule has 3 aromatic heterocycles. The van der Waals surface area contributed by atoms with Crippen LogP contribution in [0.1, 0.15) is 5.56 Å². The summed E-state index contributed by atoms with van der Waals surface area (Å²) in [6, 6.07) is 17.6. The zero-order valence-corrected chi connectivity index (χ0v) is 14.9. The van der Waals surface area contributed by atoms with E-state index in [1.54, 1.807) is 48.5 Å². The fourth-order valence-corrected chi connectivity index (χ4v) is 3.26. The summed E-state index contributed by atoms with van der Waals surface area (Å²) < 4.78 is 12.7. The molecule has 0 aliphatic rings. The standard InChI is InChI=1S/C22H14N2O4/c1-13-8-10-14(11-9-13)24-20(17-7-4-12-27-17)23-21-18(22(24)26)19(25)15-5-2-3-6-16(15)28-21/h2-12H,1H3. The molecule has 0 spiro atoms. The predicted molar refractivity (Wildman–Crippen MR) is 106 cm³/mol. The van der Waals surface area contributed by atoms with Crippen molar-refractivity contribution in [3.63, 3.8) is 0 Å². The van der Waals surface area contributed by atoms with E-state index < -0.39 is 11.0 Å². The molecule has 0 saturated heterocycles. The Labute approximate surface area is 158 Å². The normalized spacial score (nSPS) is 11.3. The summed E-state index contributed by atoms with van der Waals surface area (Å²) in [7, 11) is 0. The predicted octanol–water partition coefficient (Wildman–Crippen LogP) is 4.06. The maximum absolute atomic E-state index is 13.4. The van der Waals surface area contributed by atoms with Gasteiger partial charge in [0.1, 0.15) is 5.58 Å². The largest absolute Gasteiger partial charge is 0.461 e. The second-order valence-corrected chi connectivity index (χ2v) is 6.50. The van der Waals surface area contributed by atoms with Crippen LogP contribution in [0.2, 0.25) is 0 Å². The van der Waals surface area contributed by atoms with E-state index in [2.05, 4.69) is 4.98 Å². The molecule has 6 heteroatoms. The zero-order chi connectivity index (χ0) is 19.3. The first-order valence-electron chi connectivity index (χ1n) is 8.73. The first-order chi connectivity index (χ1) is 13.6. The molecule has 5 aromatic rings. The van der Waals surface area contributed by atoms with E-state index in [1.807, 2.05) is 19.1 Å². The van der Waals surface area contributed by atoms with E-state index in [0.717, 1.165) is 5.56 Å². The van der Waals surface area contributed by atoms with E-state index in [9.17, 15) is 9.59 Å². The number of hydrogen-bond acceptors (Lipinski definition) is 5. The van der Waals surface area contributed by atoms with E-state index in [4.69, 9.17) is 8.83 Å². The minimum Gasteiger partial charge on any atom is -0.461 e. The number of fused-ring (bicyclic) bond motifs is 2. The van der Waals surface area contributed by atoms with Gasteiger partial charge in [-0.25, -0.2) is 0 Å². The molecule has 3 heterocycles. The summed E-state index contributed by atoms with van der Waals surface area (Å²) >= 11 is 0. The first kappa shape index (κ1) is 16.3. The Balaban J connectivity index is 1.97. The Kier molecular flexibility index (Phi) is 3.52. The quantitative estimate of drug-likeness (QED) is 0.438. The first-order valence-corrected chi connectivity index (χ1v) is 8.73. The third kappa shape index (κ3) is 2.39. The molecule has 0 aliphatic carbocycles. The van der Waals surface area contributed by atoms with Crippen molar-refractivity contribution in [2.45, 2.75) is 6.92 Å². The lowest BCUT2D eigenvalue weighted by Gasteiger charge is -2.12. The number of rotatable bonds is 2. The van der Waals surface area contributed by atoms with Crippen molar-refractivity contribution in [3.05, 3.63) is 93.1 Å². The van der Waals surface area contributed by atoms with Crippen molar-refractivity contribution < 1.29 is 8.83 Å². The van der Waals surface area contributed by atoms with Crippen molar-refractivity contribution in [2.75, 3.05) is 0 Å². The van der Waals surface area contributed by atoms with Crippen molar-refractivity contribution >= 4 is 22.1 Å². The van der Waals surface area contributed by atoms with E-state index >= 15 is 0 Å². The Morgan fingerprint density at radius 1 is 0.929 bits per heavy atom. The molecule has 0 amide bonds. The highest BCUT2D eigenvalue weighted by molar-refractivity contribution is 5.88. The van der Waals surface area contributed by atoms with E-state index in [1.165, 1.54) is 10.8 Å². The van der Waals surface area contributed by atoms with Crippen LogP contribution in [0.25, 0.3) is 39.3 Å². The Hall–Kier alpha value is -3.93. The molecule has 0 fully saturated rings. The van der Waals surface area contributed by atoms with Crippen molar-refractivity contribution in [3.8, 4) is 17.3 Å². The molecular formula is C22H14N2O4. The highest BCUT2D eigenvalue weighted by Crippen LogP contribution is 2.23. The fourth-order valence-electron chi connectivity index (χ4n) is 3.26. The average Bonchev–Trinajstić information content (AvgIpc) is 3.23. The molecule has 5 rings (SSSR count). The number of nitrogens with zero attached hydrogens (tertiary/aromatic N) is 2. The van der Waals surface area contributed by atoms with Crippen LogP contribution in [0, 0.1) is 6.92 Å². The molecular weight excluding hydrogens is 356 g/mol. The van der Waals surface area contributed by atoms with Gasteiger partial charge in [-0.1, -0.05) is 29.8 Å². The van der Waals surface area contributed by atoms with Gasteiger partial charge in [-0.3, -0.25) is 14.2 Å². The lowest BCUT2D eigenvalue weighted by atomic mass is 10.2. The SMILES string of the molecule is Cc1ccc(-n2c(-c3ccco3)nc3oc4ccccc4c(=O)c3c2=O)cc1. The van der Waals surface area contributed by atoms with Crippen LogP contribution in [0.4, 0.5) is 0 Å². The zero-order valence-electron chi connectivity index (χ0n) is 14.9. The van der Waals surface area contributed by atoms with Gasteiger partial charge in [0.2, 0.25) is 11.1 Å². The van der Waals surface area contributed by atoms with Gasteiger partial charge < -0.3 is 8.83 Å². The molecule has 6 nitrogen and oxygen atoms in total. The smallest absolute Gasteiger partial charge is 0.273 e. The van der Waals surface area contributed by atoms with Crippen LogP contribution in [0.15, 0.2) is 85.4 Å². The molecule has 0 atom stereocenters. The third-order valence-corrected chi connectivity index (χ3v) is 4.65. The molecule has 0 saturated carbocycles. The molecule has 0 radical (unpaired) electrons. The number of aromatic nitrogens is 2. The van der Waals surface area contributed by atoms with Crippen molar-refractivity contribution in [1.29, 1.82) is 0 Å². The topological polar surface area (TPSA) is 78.2 Å². The number of aryl methyl sites for hydroxylation is 1. The van der Waals surface area contributed by atoms with Crippen LogP contribution < -0.4 is 11.0 Å². The van der Waals surface area contributed by atoms with Gasteiger partial charge in [0.25, 0.3) is 5.56 Å². The summed E-state index contributed by atoms with van der Waals surface area (Å²) in [4.78, 5) is 30.9. The second-order valence-electron chi connectivity index (χ2n) is 6.50. The van der Waals surface area contributed by atoms with Gasteiger partial charge in [0.15, 0.2) is 17.0 Å². The van der Waals surface area contributed by atoms with Gasteiger partial charge >= 0.3 is 0 Å². The van der Waals surface area contributed by atoms with Gasteiger partial charge in [0, 0.05) is 0 Å². The molecule has 0 bridgehead atoms. The molecule has 0 N–H and O–H groups in total. The highest BCUT2D eigenvalue weighted by Gasteiger charge is 2.20. The van der Waals surface area contributed by atoms with Gasteiger partial charge in [0.05, 0.1) is 17.3 Å². The van der Waals surface area contributed by atoms with E-state index in [0.29, 0.717) is 22.4 Å². The molecule has 136 valence electrons. The third-order valence-electron chi connectivity index (χ3n) is 4.65. The summed E-state index contributed by atoms with van der Waals surface area (Å²) in [6.07, 6.45) is 1.50. The minimum atomic E-state index is -0.500. The van der Waals surface area contributed by atoms with Crippen LogP contribution in [-0.2, 0) is 0 Å². The maximum Gasteiger partial charge on any atom is 0.273 e. The number of para-hydroxylation sites is 1. The number of benzene rings is 2. The fraction of sp³-hybridized carbons (Fsp3) is 0.0455. The van der Waals surface area contributed by atoms with Crippen LogP contribution in [-0.4, -0.2) is 9.55 Å². The summed E-state index contributed by atoms with van der Waals surface area (Å²) in [5.41, 5.74) is 1.11. The van der Waals surface area contributed by atoms with E-state index in [-0.39, 0.29) is 16.9 Å². The number of furan rings is 1. The van der Waals surface area contributed by atoms with Gasteiger partial charge in [-0.05, 0) is 43.3 Å². The molecule has 0 aliphatic heterocycles. The Bertz CT molecular complexity index is 1440. The van der Waals surface area contributed by atoms with Crippen LogP contribution in [0.3, 0.4) is 0 Å². The van der Waals surface area contributed by atoms with Crippen molar-refractivity contribution in [1.82, 2.24) is 9.55 Å². The van der Waals surface area contributed by atoms with Crippen LogP contribution >= 0.6 is 0 Å². The van der Waals surface area contributed by atoms with Gasteiger partial charge in [-0.2, -0.15) is 4.98 Å². The van der Waals surface area contributed by atoms with Crippen molar-refractivity contribution in [2.24, 2.45) is 0 Å². The lowest BCUT2D eigenvalue weighted by molar-refractivity contribution is 0.571. The Morgan fingerprint density at radius 3 is 2.46 bits per heavy atom. The monoisotopic (exact) mass is 370 g/mol. The average molecular weight is 370 g/mol. The molecule has 0 unspecified atom stereocenters. The Morgan fingerprint density at radius 2 is 1.71 bits per heavy atom. The summed E-state index contributed by atoms with van der Waals surface area (Å²) in [5, 5.41) is 0.254. The molecule has 2 aromatic carbocycles. The minimum absolute atomic E-state index is 0.0107. The van der Waals surface area contributed by atoms with Gasteiger partial charge in [-0.15, -0.1) is 0 Å². The maximum atomic E-state index is 13.4. The highest BCUT2D eigenvalue weighted by atomic mass is 16.3. The summed E-state index contributed by atoms with van der Waals surface area (Å²) in [5.74, 6) is 0.667. The number of hydrogen-bond donors (Lipinski definition) is 0.